The second-order valence-electron chi connectivity index (χ2n) is 4.43. The molecular formula is C13H17N5O2S. The van der Waals surface area contributed by atoms with Crippen LogP contribution in [0.1, 0.15) is 13.3 Å². The fourth-order valence-electron chi connectivity index (χ4n) is 1.78. The fourth-order valence-corrected chi connectivity index (χ4v) is 2.55. The number of H-pyrrole nitrogens is 1. The molecule has 4 N–H and O–H groups in total. The molecular weight excluding hydrogens is 290 g/mol. The van der Waals surface area contributed by atoms with Gasteiger partial charge in [-0.25, -0.2) is 9.89 Å². The van der Waals surface area contributed by atoms with Crippen LogP contribution < -0.4 is 16.7 Å². The number of carbonyl (C=O) groups excluding carboxylic acids is 1. The lowest BCUT2D eigenvalue weighted by Gasteiger charge is -2.06. The molecule has 1 heterocycles. The second-order valence-corrected chi connectivity index (χ2v) is 5.37. The molecule has 2 aromatic rings. The highest BCUT2D eigenvalue weighted by atomic mass is 32.2. The van der Waals surface area contributed by atoms with Crippen LogP contribution in [-0.4, -0.2) is 26.4 Å². The lowest BCUT2D eigenvalue weighted by molar-refractivity contribution is -0.113. The first-order valence-corrected chi connectivity index (χ1v) is 7.52. The highest BCUT2D eigenvalue weighted by Crippen LogP contribution is 2.15. The number of aromatic amines is 1. The van der Waals surface area contributed by atoms with E-state index in [4.69, 9.17) is 5.73 Å². The van der Waals surface area contributed by atoms with Gasteiger partial charge in [-0.1, -0.05) is 24.8 Å². The quantitative estimate of drug-likeness (QED) is 0.551. The van der Waals surface area contributed by atoms with E-state index < -0.39 is 0 Å². The van der Waals surface area contributed by atoms with Crippen molar-refractivity contribution in [2.75, 3.05) is 16.8 Å². The number of benzene rings is 1. The Bertz CT molecular complexity index is 679. The molecule has 8 heteroatoms. The van der Waals surface area contributed by atoms with E-state index in [1.807, 2.05) is 6.92 Å². The summed E-state index contributed by atoms with van der Waals surface area (Å²) >= 11 is 1.22. The van der Waals surface area contributed by atoms with Gasteiger partial charge in [-0.15, -0.1) is 5.10 Å². The van der Waals surface area contributed by atoms with Crippen LogP contribution in [0.15, 0.2) is 34.2 Å². The Morgan fingerprint density at radius 3 is 3.05 bits per heavy atom. The zero-order valence-corrected chi connectivity index (χ0v) is 12.4. The minimum atomic E-state index is -0.254. The average molecular weight is 307 g/mol. The van der Waals surface area contributed by atoms with Gasteiger partial charge < -0.3 is 11.1 Å². The van der Waals surface area contributed by atoms with E-state index in [9.17, 15) is 9.59 Å². The first-order valence-electron chi connectivity index (χ1n) is 6.53. The van der Waals surface area contributed by atoms with Crippen molar-refractivity contribution < 1.29 is 4.79 Å². The molecule has 0 atom stereocenters. The molecule has 2 rings (SSSR count). The number of carbonyl (C=O) groups is 1. The summed E-state index contributed by atoms with van der Waals surface area (Å²) in [5, 5.41) is 9.57. The summed E-state index contributed by atoms with van der Waals surface area (Å²) in [6.45, 7) is 2.55. The Morgan fingerprint density at radius 1 is 1.52 bits per heavy atom. The van der Waals surface area contributed by atoms with Crippen LogP contribution in [-0.2, 0) is 11.3 Å². The number of thioether (sulfide) groups is 1. The molecule has 1 aromatic heterocycles. The van der Waals surface area contributed by atoms with Gasteiger partial charge in [-0.3, -0.25) is 9.36 Å². The molecule has 0 fully saturated rings. The number of amides is 1. The van der Waals surface area contributed by atoms with Crippen LogP contribution in [0.5, 0.6) is 0 Å². The van der Waals surface area contributed by atoms with Crippen molar-refractivity contribution in [3.63, 3.8) is 0 Å². The third-order valence-electron chi connectivity index (χ3n) is 2.67. The number of hydrogen-bond acceptors (Lipinski definition) is 5. The molecule has 0 aliphatic heterocycles. The van der Waals surface area contributed by atoms with Gasteiger partial charge >= 0.3 is 5.69 Å². The summed E-state index contributed by atoms with van der Waals surface area (Å²) in [5.41, 5.74) is 6.63. The topological polar surface area (TPSA) is 106 Å². The van der Waals surface area contributed by atoms with Crippen molar-refractivity contribution in [3.8, 4) is 0 Å². The number of nitrogens with one attached hydrogen (secondary N) is 2. The van der Waals surface area contributed by atoms with Crippen LogP contribution in [0.2, 0.25) is 0 Å². The molecule has 112 valence electrons. The standard InChI is InChI=1S/C13H17N5O2S/c1-2-6-18-12(20)16-17-13(18)21-8-11(19)15-10-5-3-4-9(14)7-10/h3-5,7H,2,6,8,14H2,1H3,(H,15,19)(H,16,20). The van der Waals surface area contributed by atoms with Gasteiger partial charge in [0.05, 0.1) is 5.75 Å². The summed E-state index contributed by atoms with van der Waals surface area (Å²) < 4.78 is 1.53. The van der Waals surface area contributed by atoms with Crippen LogP contribution in [0.25, 0.3) is 0 Å². The van der Waals surface area contributed by atoms with E-state index in [1.165, 1.54) is 16.3 Å². The molecule has 0 aliphatic carbocycles. The highest BCUT2D eigenvalue weighted by Gasteiger charge is 2.11. The number of nitrogens with two attached hydrogens (primary N) is 1. The maximum Gasteiger partial charge on any atom is 0.343 e. The molecule has 0 saturated heterocycles. The molecule has 7 nitrogen and oxygen atoms in total. The molecule has 0 saturated carbocycles. The fraction of sp³-hybridized carbons (Fsp3) is 0.308. The van der Waals surface area contributed by atoms with Gasteiger partial charge in [-0.2, -0.15) is 0 Å². The van der Waals surface area contributed by atoms with Crippen molar-refractivity contribution in [3.05, 3.63) is 34.7 Å². The van der Waals surface area contributed by atoms with E-state index in [-0.39, 0.29) is 17.3 Å². The van der Waals surface area contributed by atoms with E-state index in [0.717, 1.165) is 6.42 Å². The second kappa shape index (κ2) is 6.98. The van der Waals surface area contributed by atoms with Gasteiger partial charge in [0.15, 0.2) is 5.16 Å². The number of hydrogen-bond donors (Lipinski definition) is 3. The molecule has 0 bridgehead atoms. The van der Waals surface area contributed by atoms with Crippen molar-refractivity contribution in [1.29, 1.82) is 0 Å². The van der Waals surface area contributed by atoms with Crippen LogP contribution in [0.3, 0.4) is 0 Å². The van der Waals surface area contributed by atoms with Gasteiger partial charge in [0.2, 0.25) is 5.91 Å². The highest BCUT2D eigenvalue weighted by molar-refractivity contribution is 7.99. The van der Waals surface area contributed by atoms with Crippen molar-refractivity contribution in [1.82, 2.24) is 14.8 Å². The lowest BCUT2D eigenvalue weighted by atomic mass is 10.3. The molecule has 1 aromatic carbocycles. The van der Waals surface area contributed by atoms with E-state index in [1.54, 1.807) is 24.3 Å². The SMILES string of the molecule is CCCn1c(SCC(=O)Nc2cccc(N)c2)n[nH]c1=O. The summed E-state index contributed by atoms with van der Waals surface area (Å²) in [7, 11) is 0. The Kier molecular flexibility index (Phi) is 5.04. The lowest BCUT2D eigenvalue weighted by Crippen LogP contribution is -2.18. The van der Waals surface area contributed by atoms with E-state index >= 15 is 0 Å². The minimum absolute atomic E-state index is 0.169. The van der Waals surface area contributed by atoms with Crippen LogP contribution in [0, 0.1) is 0 Å². The number of anilines is 2. The predicted octanol–water partition coefficient (Wildman–Crippen LogP) is 1.29. The molecule has 0 unspecified atom stereocenters. The monoisotopic (exact) mass is 307 g/mol. The van der Waals surface area contributed by atoms with Gasteiger partial charge in [0.1, 0.15) is 0 Å². The number of rotatable bonds is 6. The predicted molar refractivity (Wildman–Crippen MR) is 83.3 cm³/mol. The Hall–Kier alpha value is -2.22. The van der Waals surface area contributed by atoms with E-state index in [2.05, 4.69) is 15.5 Å². The first-order chi connectivity index (χ1) is 10.1. The third kappa shape index (κ3) is 4.12. The zero-order chi connectivity index (χ0) is 15.2. The van der Waals surface area contributed by atoms with Gasteiger partial charge in [0, 0.05) is 17.9 Å². The summed E-state index contributed by atoms with van der Waals surface area (Å²) in [6, 6.07) is 6.97. The zero-order valence-electron chi connectivity index (χ0n) is 11.6. The molecule has 21 heavy (non-hydrogen) atoms. The third-order valence-corrected chi connectivity index (χ3v) is 3.65. The molecule has 1 amide bonds. The Morgan fingerprint density at radius 2 is 2.33 bits per heavy atom. The molecule has 0 radical (unpaired) electrons. The summed E-state index contributed by atoms with van der Waals surface area (Å²) in [6.07, 6.45) is 0.822. The van der Waals surface area contributed by atoms with Crippen molar-refractivity contribution in [2.45, 2.75) is 25.0 Å². The van der Waals surface area contributed by atoms with Crippen molar-refractivity contribution >= 4 is 29.0 Å². The molecule has 0 aliphatic rings. The van der Waals surface area contributed by atoms with E-state index in [0.29, 0.717) is 23.1 Å². The number of nitrogen functional groups attached to an aromatic ring is 1. The largest absolute Gasteiger partial charge is 0.399 e. The maximum absolute atomic E-state index is 11.9. The first kappa shape index (κ1) is 15.2. The smallest absolute Gasteiger partial charge is 0.343 e. The van der Waals surface area contributed by atoms with Gasteiger partial charge in [-0.05, 0) is 24.6 Å². The Labute approximate surface area is 125 Å². The Balaban J connectivity index is 1.94. The van der Waals surface area contributed by atoms with Crippen LogP contribution >= 0.6 is 11.8 Å². The summed E-state index contributed by atoms with van der Waals surface area (Å²) in [4.78, 5) is 23.4. The molecule has 0 spiro atoms. The number of aromatic nitrogens is 3. The minimum Gasteiger partial charge on any atom is -0.399 e. The normalized spacial score (nSPS) is 10.5. The van der Waals surface area contributed by atoms with Crippen molar-refractivity contribution in [2.24, 2.45) is 0 Å². The summed E-state index contributed by atoms with van der Waals surface area (Å²) in [5.74, 6) is -0.00731. The maximum atomic E-state index is 11.9. The van der Waals surface area contributed by atoms with Crippen LogP contribution in [0.4, 0.5) is 11.4 Å². The number of nitrogens with zero attached hydrogens (tertiary/aromatic N) is 2. The van der Waals surface area contributed by atoms with Gasteiger partial charge in [0.25, 0.3) is 0 Å². The average Bonchev–Trinajstić information content (AvgIpc) is 2.78.